The fourth-order valence-electron chi connectivity index (χ4n) is 5.54. The molecular weight excluding hydrogens is 172 g/mol. The van der Waals surface area contributed by atoms with Gasteiger partial charge in [0.15, 0.2) is 0 Å². The SMILES string of the molecule is [CH2]C12CC3CC(C)(C1)CC(CO)(C3)C2. The van der Waals surface area contributed by atoms with Crippen molar-refractivity contribution in [2.24, 2.45) is 22.2 Å². The molecule has 79 valence electrons. The zero-order valence-corrected chi connectivity index (χ0v) is 9.18. The van der Waals surface area contributed by atoms with E-state index in [1.54, 1.807) is 0 Å². The highest BCUT2D eigenvalue weighted by atomic mass is 16.3. The molecule has 1 N–H and O–H groups in total. The summed E-state index contributed by atoms with van der Waals surface area (Å²) in [5.41, 5.74) is 1.08. The van der Waals surface area contributed by atoms with Gasteiger partial charge in [0, 0.05) is 6.61 Å². The molecule has 4 unspecified atom stereocenters. The molecule has 0 saturated heterocycles. The summed E-state index contributed by atoms with van der Waals surface area (Å²) in [4.78, 5) is 0. The standard InChI is InChI=1S/C13H21O/c1-11-3-10-4-12(2,6-11)8-13(5-10,7-11)9-14/h10,14H,1,3-9H2,2H3. The lowest BCUT2D eigenvalue weighted by molar-refractivity contribution is -0.150. The van der Waals surface area contributed by atoms with Crippen LogP contribution in [0.3, 0.4) is 0 Å². The molecule has 1 radical (unpaired) electrons. The van der Waals surface area contributed by atoms with Gasteiger partial charge in [0.25, 0.3) is 0 Å². The summed E-state index contributed by atoms with van der Waals surface area (Å²) < 4.78 is 0. The van der Waals surface area contributed by atoms with Crippen LogP contribution in [0.15, 0.2) is 0 Å². The van der Waals surface area contributed by atoms with Crippen LogP contribution in [0.25, 0.3) is 0 Å². The quantitative estimate of drug-likeness (QED) is 0.679. The van der Waals surface area contributed by atoms with Gasteiger partial charge in [-0.2, -0.15) is 0 Å². The molecule has 14 heavy (non-hydrogen) atoms. The molecule has 4 aliphatic carbocycles. The second kappa shape index (κ2) is 2.37. The minimum absolute atomic E-state index is 0.260. The largest absolute Gasteiger partial charge is 0.396 e. The van der Waals surface area contributed by atoms with Crippen LogP contribution in [0.2, 0.25) is 0 Å². The molecule has 4 aliphatic rings. The lowest BCUT2D eigenvalue weighted by Crippen LogP contribution is -2.56. The first-order chi connectivity index (χ1) is 6.47. The summed E-state index contributed by atoms with van der Waals surface area (Å²) in [6.45, 7) is 7.27. The van der Waals surface area contributed by atoms with E-state index in [9.17, 15) is 5.11 Å². The van der Waals surface area contributed by atoms with Crippen molar-refractivity contribution in [3.8, 4) is 0 Å². The van der Waals surface area contributed by atoms with Crippen molar-refractivity contribution in [1.82, 2.24) is 0 Å². The van der Waals surface area contributed by atoms with Crippen molar-refractivity contribution < 1.29 is 5.11 Å². The van der Waals surface area contributed by atoms with Gasteiger partial charge < -0.3 is 5.11 Å². The Bertz CT molecular complexity index is 252. The van der Waals surface area contributed by atoms with Crippen molar-refractivity contribution in [2.45, 2.75) is 45.4 Å². The lowest BCUT2D eigenvalue weighted by atomic mass is 9.40. The van der Waals surface area contributed by atoms with Gasteiger partial charge in [0.2, 0.25) is 0 Å². The van der Waals surface area contributed by atoms with E-state index in [0.717, 1.165) is 5.92 Å². The van der Waals surface area contributed by atoms with Gasteiger partial charge in [-0.25, -0.2) is 0 Å². The molecule has 0 aromatic carbocycles. The van der Waals surface area contributed by atoms with Gasteiger partial charge >= 0.3 is 0 Å². The van der Waals surface area contributed by atoms with Gasteiger partial charge in [-0.15, -0.1) is 0 Å². The maximum atomic E-state index is 9.63. The second-order valence-electron chi connectivity index (χ2n) is 6.98. The third kappa shape index (κ3) is 1.11. The molecule has 0 aromatic heterocycles. The molecule has 4 rings (SSSR count). The molecular formula is C13H21O. The predicted molar refractivity (Wildman–Crippen MR) is 56.6 cm³/mol. The van der Waals surface area contributed by atoms with Crippen molar-refractivity contribution in [3.63, 3.8) is 0 Å². The van der Waals surface area contributed by atoms with Gasteiger partial charge in [-0.1, -0.05) is 6.92 Å². The number of hydrogen-bond acceptors (Lipinski definition) is 1. The Balaban J connectivity index is 2.01. The Hall–Kier alpha value is -0.0400. The van der Waals surface area contributed by atoms with E-state index in [1.807, 2.05) is 0 Å². The highest BCUT2D eigenvalue weighted by Crippen LogP contribution is 2.69. The first kappa shape index (κ1) is 9.21. The second-order valence-corrected chi connectivity index (χ2v) is 6.98. The summed E-state index contributed by atoms with van der Waals surface area (Å²) in [6, 6.07) is 0. The third-order valence-corrected chi connectivity index (χ3v) is 4.91. The number of rotatable bonds is 1. The molecule has 4 bridgehead atoms. The topological polar surface area (TPSA) is 20.2 Å². The summed E-state index contributed by atoms with van der Waals surface area (Å²) in [5.74, 6) is 0.862. The molecule has 0 heterocycles. The Morgan fingerprint density at radius 3 is 2.57 bits per heavy atom. The minimum atomic E-state index is 0.260. The van der Waals surface area contributed by atoms with Gasteiger partial charge in [-0.3, -0.25) is 0 Å². The van der Waals surface area contributed by atoms with Gasteiger partial charge in [0.05, 0.1) is 0 Å². The summed E-state index contributed by atoms with van der Waals surface area (Å²) in [7, 11) is 0. The highest BCUT2D eigenvalue weighted by Gasteiger charge is 2.59. The van der Waals surface area contributed by atoms with Crippen LogP contribution in [0.1, 0.15) is 45.4 Å². The van der Waals surface area contributed by atoms with Crippen LogP contribution < -0.4 is 0 Å². The smallest absolute Gasteiger partial charge is 0.0487 e. The minimum Gasteiger partial charge on any atom is -0.396 e. The van der Waals surface area contributed by atoms with E-state index in [2.05, 4.69) is 13.8 Å². The number of hydrogen-bond donors (Lipinski definition) is 1. The van der Waals surface area contributed by atoms with Crippen LogP contribution >= 0.6 is 0 Å². The average molecular weight is 193 g/mol. The summed E-state index contributed by atoms with van der Waals surface area (Å²) in [5, 5.41) is 9.63. The van der Waals surface area contributed by atoms with Crippen LogP contribution in [0.5, 0.6) is 0 Å². The van der Waals surface area contributed by atoms with Gasteiger partial charge in [-0.05, 0) is 67.6 Å². The molecule has 0 amide bonds. The highest BCUT2D eigenvalue weighted by molar-refractivity contribution is 5.12. The predicted octanol–water partition coefficient (Wildman–Crippen LogP) is 2.79. The van der Waals surface area contributed by atoms with Crippen molar-refractivity contribution in [1.29, 1.82) is 0 Å². The average Bonchev–Trinajstić information content (AvgIpc) is 1.97. The molecule has 1 heteroatoms. The van der Waals surface area contributed by atoms with Crippen molar-refractivity contribution in [2.75, 3.05) is 6.61 Å². The Morgan fingerprint density at radius 1 is 1.21 bits per heavy atom. The Kier molecular flexibility index (Phi) is 1.56. The monoisotopic (exact) mass is 193 g/mol. The van der Waals surface area contributed by atoms with E-state index in [-0.39, 0.29) is 5.41 Å². The number of aliphatic hydroxyl groups excluding tert-OH is 1. The van der Waals surface area contributed by atoms with E-state index >= 15 is 0 Å². The van der Waals surface area contributed by atoms with Crippen LogP contribution in [-0.2, 0) is 0 Å². The van der Waals surface area contributed by atoms with E-state index in [4.69, 9.17) is 0 Å². The molecule has 4 saturated carbocycles. The Labute approximate surface area is 86.9 Å². The molecule has 0 aliphatic heterocycles. The molecule has 4 atom stereocenters. The van der Waals surface area contributed by atoms with Crippen LogP contribution in [-0.4, -0.2) is 11.7 Å². The van der Waals surface area contributed by atoms with E-state index in [0.29, 0.717) is 17.4 Å². The fourth-order valence-corrected chi connectivity index (χ4v) is 5.54. The zero-order chi connectivity index (χ0) is 10.0. The van der Waals surface area contributed by atoms with E-state index in [1.165, 1.54) is 38.5 Å². The molecule has 0 aromatic rings. The first-order valence-electron chi connectivity index (χ1n) is 5.93. The van der Waals surface area contributed by atoms with Crippen molar-refractivity contribution >= 4 is 0 Å². The third-order valence-electron chi connectivity index (χ3n) is 4.91. The molecule has 4 fully saturated rings. The summed E-state index contributed by atoms with van der Waals surface area (Å²) >= 11 is 0. The van der Waals surface area contributed by atoms with Crippen molar-refractivity contribution in [3.05, 3.63) is 6.92 Å². The Morgan fingerprint density at radius 2 is 2.00 bits per heavy atom. The van der Waals surface area contributed by atoms with Crippen LogP contribution in [0.4, 0.5) is 0 Å². The molecule has 0 spiro atoms. The van der Waals surface area contributed by atoms with E-state index < -0.39 is 0 Å². The summed E-state index contributed by atoms with van der Waals surface area (Å²) in [6.07, 6.45) is 7.73. The number of aliphatic hydroxyl groups is 1. The zero-order valence-electron chi connectivity index (χ0n) is 9.18. The molecule has 1 nitrogen and oxygen atoms in total. The normalized spacial score (nSPS) is 60.6. The maximum absolute atomic E-state index is 9.63. The van der Waals surface area contributed by atoms with Gasteiger partial charge in [0.1, 0.15) is 0 Å². The van der Waals surface area contributed by atoms with Crippen LogP contribution in [0, 0.1) is 29.1 Å². The first-order valence-corrected chi connectivity index (χ1v) is 5.93. The maximum Gasteiger partial charge on any atom is 0.0487 e. The lowest BCUT2D eigenvalue weighted by Gasteiger charge is -2.65. The fraction of sp³-hybridized carbons (Fsp3) is 0.923.